The highest BCUT2D eigenvalue weighted by molar-refractivity contribution is 5.94. The van der Waals surface area contributed by atoms with E-state index in [0.29, 0.717) is 12.2 Å². The van der Waals surface area contributed by atoms with E-state index in [0.717, 1.165) is 23.3 Å². The number of ether oxygens (including phenoxy) is 1. The van der Waals surface area contributed by atoms with Gasteiger partial charge in [0.15, 0.2) is 0 Å². The van der Waals surface area contributed by atoms with Crippen LogP contribution in [0.5, 0.6) is 5.75 Å². The molecule has 0 radical (unpaired) electrons. The van der Waals surface area contributed by atoms with Crippen molar-refractivity contribution in [3.63, 3.8) is 0 Å². The molecule has 0 aromatic heterocycles. The summed E-state index contributed by atoms with van der Waals surface area (Å²) in [7, 11) is 0. The van der Waals surface area contributed by atoms with Crippen LogP contribution in [0.25, 0.3) is 5.57 Å². The molecule has 1 N–H and O–H groups in total. The zero-order valence-electron chi connectivity index (χ0n) is 10.9. The first-order chi connectivity index (χ1) is 9.75. The first-order valence-corrected chi connectivity index (χ1v) is 6.51. The number of carbonyl (C=O) groups is 1. The van der Waals surface area contributed by atoms with Crippen LogP contribution < -0.4 is 4.74 Å². The molecule has 0 saturated carbocycles. The molecule has 3 rings (SSSR count). The number of carboxylic acids is 1. The minimum Gasteiger partial charge on any atom is -0.478 e. The molecule has 100 valence electrons. The van der Waals surface area contributed by atoms with Gasteiger partial charge in [0.25, 0.3) is 0 Å². The highest BCUT2D eigenvalue weighted by Gasteiger charge is 2.19. The summed E-state index contributed by atoms with van der Waals surface area (Å²) < 4.78 is 5.86. The van der Waals surface area contributed by atoms with E-state index in [2.05, 4.69) is 0 Å². The van der Waals surface area contributed by atoms with Crippen LogP contribution in [0.1, 0.15) is 28.8 Å². The summed E-state index contributed by atoms with van der Waals surface area (Å²) in [6.07, 6.45) is 13.3. The Bertz CT molecular complexity index is 675. The second-order valence-electron chi connectivity index (χ2n) is 4.68. The maximum Gasteiger partial charge on any atom is 0.339 e. The van der Waals surface area contributed by atoms with E-state index in [1.165, 1.54) is 0 Å². The molecular weight excluding hydrogens is 252 g/mol. The molecule has 0 unspecified atom stereocenters. The van der Waals surface area contributed by atoms with Gasteiger partial charge in [-0.25, -0.2) is 4.79 Å². The van der Waals surface area contributed by atoms with Gasteiger partial charge >= 0.3 is 5.97 Å². The molecule has 20 heavy (non-hydrogen) atoms. The lowest BCUT2D eigenvalue weighted by molar-refractivity contribution is 0.0693. The van der Waals surface area contributed by atoms with Gasteiger partial charge in [-0.2, -0.15) is 0 Å². The predicted octanol–water partition coefficient (Wildman–Crippen LogP) is 3.95. The van der Waals surface area contributed by atoms with E-state index in [1.54, 1.807) is 12.1 Å². The molecule has 0 fully saturated rings. The van der Waals surface area contributed by atoms with Crippen LogP contribution in [0.15, 0.2) is 60.4 Å². The average molecular weight is 266 g/mol. The Morgan fingerprint density at radius 3 is 2.55 bits per heavy atom. The van der Waals surface area contributed by atoms with Crippen molar-refractivity contribution in [1.82, 2.24) is 0 Å². The Morgan fingerprint density at radius 1 is 1.10 bits per heavy atom. The molecule has 1 aromatic carbocycles. The van der Waals surface area contributed by atoms with Gasteiger partial charge < -0.3 is 9.84 Å². The molecule has 0 saturated heterocycles. The van der Waals surface area contributed by atoms with Crippen LogP contribution in [0.2, 0.25) is 0 Å². The van der Waals surface area contributed by atoms with Crippen molar-refractivity contribution in [1.29, 1.82) is 0 Å². The SMILES string of the molecule is O=C(O)c1cccc(C2=CC=CC2)c1OC1=CC=CC1. The number of hydrogen-bond donors (Lipinski definition) is 1. The van der Waals surface area contributed by atoms with Crippen LogP contribution in [-0.2, 0) is 0 Å². The van der Waals surface area contributed by atoms with Gasteiger partial charge in [0.2, 0.25) is 0 Å². The van der Waals surface area contributed by atoms with Crippen LogP contribution in [0.4, 0.5) is 0 Å². The highest BCUT2D eigenvalue weighted by atomic mass is 16.5. The quantitative estimate of drug-likeness (QED) is 0.897. The number of rotatable bonds is 4. The van der Waals surface area contributed by atoms with Gasteiger partial charge in [0.05, 0.1) is 0 Å². The molecule has 1 aromatic rings. The summed E-state index contributed by atoms with van der Waals surface area (Å²) in [5, 5.41) is 9.36. The predicted molar refractivity (Wildman–Crippen MR) is 77.6 cm³/mol. The minimum atomic E-state index is -0.972. The molecule has 0 bridgehead atoms. The van der Waals surface area contributed by atoms with Gasteiger partial charge in [-0.3, -0.25) is 0 Å². The van der Waals surface area contributed by atoms with Crippen molar-refractivity contribution in [3.05, 3.63) is 71.5 Å². The zero-order valence-corrected chi connectivity index (χ0v) is 10.9. The zero-order chi connectivity index (χ0) is 13.9. The van der Waals surface area contributed by atoms with Gasteiger partial charge in [-0.05, 0) is 24.1 Å². The lowest BCUT2D eigenvalue weighted by Crippen LogP contribution is -2.05. The van der Waals surface area contributed by atoms with Gasteiger partial charge in [0.1, 0.15) is 17.1 Å². The van der Waals surface area contributed by atoms with E-state index in [-0.39, 0.29) is 5.56 Å². The third-order valence-corrected chi connectivity index (χ3v) is 3.33. The molecular formula is C17H14O3. The van der Waals surface area contributed by atoms with Crippen molar-refractivity contribution in [2.45, 2.75) is 12.8 Å². The fraction of sp³-hybridized carbons (Fsp3) is 0.118. The van der Waals surface area contributed by atoms with Crippen molar-refractivity contribution in [2.75, 3.05) is 0 Å². The first-order valence-electron chi connectivity index (χ1n) is 6.51. The topological polar surface area (TPSA) is 46.5 Å². The van der Waals surface area contributed by atoms with E-state index in [1.807, 2.05) is 42.5 Å². The Kier molecular flexibility index (Phi) is 3.25. The van der Waals surface area contributed by atoms with E-state index >= 15 is 0 Å². The van der Waals surface area contributed by atoms with Crippen LogP contribution in [0.3, 0.4) is 0 Å². The monoisotopic (exact) mass is 266 g/mol. The number of benzene rings is 1. The van der Waals surface area contributed by atoms with Crippen LogP contribution >= 0.6 is 0 Å². The standard InChI is InChI=1S/C17H14O3/c18-17(19)15-11-5-10-14(12-6-1-2-7-12)16(15)20-13-8-3-4-9-13/h1-6,8,10-11H,7,9H2,(H,18,19). The molecule has 0 aliphatic heterocycles. The second kappa shape index (κ2) is 5.21. The van der Waals surface area contributed by atoms with Gasteiger partial charge in [0, 0.05) is 12.0 Å². The summed E-state index contributed by atoms with van der Waals surface area (Å²) >= 11 is 0. The minimum absolute atomic E-state index is 0.197. The van der Waals surface area contributed by atoms with Crippen molar-refractivity contribution in [3.8, 4) is 5.75 Å². The molecule has 2 aliphatic rings. The third kappa shape index (κ3) is 2.30. The molecule has 0 heterocycles. The molecule has 0 amide bonds. The maximum absolute atomic E-state index is 11.4. The molecule has 0 spiro atoms. The number of allylic oxidation sites excluding steroid dienone is 7. The number of aromatic carboxylic acids is 1. The lowest BCUT2D eigenvalue weighted by atomic mass is 10.0. The Labute approximate surface area is 117 Å². The summed E-state index contributed by atoms with van der Waals surface area (Å²) in [6, 6.07) is 5.24. The van der Waals surface area contributed by atoms with Crippen LogP contribution in [0, 0.1) is 0 Å². The fourth-order valence-corrected chi connectivity index (χ4v) is 2.35. The number of hydrogen-bond acceptors (Lipinski definition) is 2. The Balaban J connectivity index is 2.04. The van der Waals surface area contributed by atoms with Gasteiger partial charge in [-0.1, -0.05) is 42.5 Å². The summed E-state index contributed by atoms with van der Waals surface area (Å²) in [5.41, 5.74) is 2.13. The first kappa shape index (κ1) is 12.5. The van der Waals surface area contributed by atoms with Crippen molar-refractivity contribution in [2.24, 2.45) is 0 Å². The molecule has 0 atom stereocenters. The van der Waals surface area contributed by atoms with Crippen LogP contribution in [-0.4, -0.2) is 11.1 Å². The van der Waals surface area contributed by atoms with Crippen molar-refractivity contribution < 1.29 is 14.6 Å². The van der Waals surface area contributed by atoms with Gasteiger partial charge in [-0.15, -0.1) is 0 Å². The Morgan fingerprint density at radius 2 is 1.90 bits per heavy atom. The second-order valence-corrected chi connectivity index (χ2v) is 4.68. The maximum atomic E-state index is 11.4. The molecule has 3 heteroatoms. The van der Waals surface area contributed by atoms with E-state index < -0.39 is 5.97 Å². The molecule has 3 nitrogen and oxygen atoms in total. The van der Waals surface area contributed by atoms with E-state index in [4.69, 9.17) is 4.74 Å². The summed E-state index contributed by atoms with van der Waals surface area (Å²) in [5.74, 6) is 0.233. The highest BCUT2D eigenvalue weighted by Crippen LogP contribution is 2.35. The summed E-state index contributed by atoms with van der Waals surface area (Å²) in [6.45, 7) is 0. The average Bonchev–Trinajstić information content (AvgIpc) is 3.11. The Hall–Kier alpha value is -2.55. The number of carboxylic acid groups (broad SMARTS) is 1. The largest absolute Gasteiger partial charge is 0.478 e. The fourth-order valence-electron chi connectivity index (χ4n) is 2.35. The van der Waals surface area contributed by atoms with Crippen molar-refractivity contribution >= 4 is 11.5 Å². The smallest absolute Gasteiger partial charge is 0.339 e. The van der Waals surface area contributed by atoms with E-state index in [9.17, 15) is 9.90 Å². The lowest BCUT2D eigenvalue weighted by Gasteiger charge is -2.15. The number of para-hydroxylation sites is 1. The molecule has 2 aliphatic carbocycles. The third-order valence-electron chi connectivity index (χ3n) is 3.33. The summed E-state index contributed by atoms with van der Waals surface area (Å²) in [4.78, 5) is 11.4. The normalized spacial score (nSPS) is 16.2.